The highest BCUT2D eigenvalue weighted by Gasteiger charge is 2.07. The van der Waals surface area contributed by atoms with E-state index < -0.39 is 0 Å². The van der Waals surface area contributed by atoms with Gasteiger partial charge in [-0.2, -0.15) is 0 Å². The zero-order valence-electron chi connectivity index (χ0n) is 13.8. The highest BCUT2D eigenvalue weighted by atomic mass is 16.5. The fourth-order valence-electron chi connectivity index (χ4n) is 2.23. The van der Waals surface area contributed by atoms with Gasteiger partial charge >= 0.3 is 0 Å². The predicted octanol–water partition coefficient (Wildman–Crippen LogP) is 3.70. The number of ether oxygens (including phenoxy) is 2. The van der Waals surface area contributed by atoms with E-state index in [0.717, 1.165) is 0 Å². The first-order chi connectivity index (χ1) is 12.7. The molecule has 1 heterocycles. The fraction of sp³-hybridized carbons (Fsp3) is 0.0500. The van der Waals surface area contributed by atoms with E-state index in [0.29, 0.717) is 34.8 Å². The van der Waals surface area contributed by atoms with Gasteiger partial charge in [-0.1, -0.05) is 18.2 Å². The molecular formula is C20H16N2O4. The SMILES string of the molecule is O=Cc1ccccc1OCC(=O)Nc1cccc(Oc2ccncc2)c1. The summed E-state index contributed by atoms with van der Waals surface area (Å²) in [6.45, 7) is -0.208. The van der Waals surface area contributed by atoms with Crippen LogP contribution >= 0.6 is 0 Å². The maximum atomic E-state index is 12.1. The van der Waals surface area contributed by atoms with Crippen molar-refractivity contribution in [2.75, 3.05) is 11.9 Å². The summed E-state index contributed by atoms with van der Waals surface area (Å²) in [5.74, 6) is 1.26. The minimum Gasteiger partial charge on any atom is -0.483 e. The molecule has 1 N–H and O–H groups in total. The van der Waals surface area contributed by atoms with Crippen LogP contribution in [0.2, 0.25) is 0 Å². The number of aromatic nitrogens is 1. The second kappa shape index (κ2) is 8.43. The van der Waals surface area contributed by atoms with E-state index in [1.165, 1.54) is 0 Å². The molecule has 0 bridgehead atoms. The summed E-state index contributed by atoms with van der Waals surface area (Å²) in [6.07, 6.45) is 3.96. The first kappa shape index (κ1) is 17.2. The molecule has 0 aliphatic carbocycles. The lowest BCUT2D eigenvalue weighted by Gasteiger charge is -2.10. The van der Waals surface area contributed by atoms with Crippen molar-refractivity contribution < 1.29 is 19.1 Å². The zero-order chi connectivity index (χ0) is 18.2. The van der Waals surface area contributed by atoms with Gasteiger partial charge in [0.05, 0.1) is 5.56 Å². The number of benzene rings is 2. The van der Waals surface area contributed by atoms with Crippen LogP contribution in [-0.2, 0) is 4.79 Å². The van der Waals surface area contributed by atoms with Gasteiger partial charge in [0, 0.05) is 24.1 Å². The van der Waals surface area contributed by atoms with Gasteiger partial charge < -0.3 is 14.8 Å². The van der Waals surface area contributed by atoms with Gasteiger partial charge in [0.25, 0.3) is 5.91 Å². The van der Waals surface area contributed by atoms with Crippen LogP contribution in [0.25, 0.3) is 0 Å². The minimum atomic E-state index is -0.341. The van der Waals surface area contributed by atoms with Crippen molar-refractivity contribution in [3.05, 3.63) is 78.6 Å². The molecule has 0 aliphatic heterocycles. The van der Waals surface area contributed by atoms with E-state index in [-0.39, 0.29) is 12.5 Å². The number of pyridine rings is 1. The number of hydrogen-bond acceptors (Lipinski definition) is 5. The summed E-state index contributed by atoms with van der Waals surface area (Å²) >= 11 is 0. The quantitative estimate of drug-likeness (QED) is 0.659. The molecule has 0 fully saturated rings. The Hall–Kier alpha value is -3.67. The molecule has 130 valence electrons. The number of amides is 1. The average Bonchev–Trinajstić information content (AvgIpc) is 2.67. The molecule has 1 aromatic heterocycles. The highest BCUT2D eigenvalue weighted by molar-refractivity contribution is 5.92. The van der Waals surface area contributed by atoms with Crippen molar-refractivity contribution in [3.63, 3.8) is 0 Å². The smallest absolute Gasteiger partial charge is 0.262 e. The van der Waals surface area contributed by atoms with E-state index in [4.69, 9.17) is 9.47 Å². The van der Waals surface area contributed by atoms with Gasteiger partial charge in [0.15, 0.2) is 12.9 Å². The number of aldehydes is 1. The maximum absolute atomic E-state index is 12.1. The Morgan fingerprint density at radius 3 is 2.62 bits per heavy atom. The third-order valence-electron chi connectivity index (χ3n) is 3.41. The summed E-state index contributed by atoms with van der Waals surface area (Å²) < 4.78 is 11.1. The third-order valence-corrected chi connectivity index (χ3v) is 3.41. The van der Waals surface area contributed by atoms with E-state index in [1.807, 2.05) is 0 Å². The second-order valence-electron chi connectivity index (χ2n) is 5.31. The van der Waals surface area contributed by atoms with Crippen LogP contribution in [0.1, 0.15) is 10.4 Å². The number of anilines is 1. The Morgan fingerprint density at radius 1 is 1.00 bits per heavy atom. The van der Waals surface area contributed by atoms with Crippen LogP contribution in [0.3, 0.4) is 0 Å². The second-order valence-corrected chi connectivity index (χ2v) is 5.31. The molecule has 6 nitrogen and oxygen atoms in total. The number of hydrogen-bond donors (Lipinski definition) is 1. The summed E-state index contributed by atoms with van der Waals surface area (Å²) in [5, 5.41) is 2.73. The largest absolute Gasteiger partial charge is 0.483 e. The third kappa shape index (κ3) is 4.67. The summed E-state index contributed by atoms with van der Waals surface area (Å²) in [6, 6.07) is 17.2. The lowest BCUT2D eigenvalue weighted by atomic mass is 10.2. The monoisotopic (exact) mass is 348 g/mol. The van der Waals surface area contributed by atoms with Crippen LogP contribution in [0.4, 0.5) is 5.69 Å². The number of rotatable bonds is 7. The standard InChI is InChI=1S/C20H16N2O4/c23-13-15-4-1-2-7-19(15)25-14-20(24)22-16-5-3-6-18(12-16)26-17-8-10-21-11-9-17/h1-13H,14H2,(H,22,24). The van der Waals surface area contributed by atoms with Crippen LogP contribution in [0, 0.1) is 0 Å². The maximum Gasteiger partial charge on any atom is 0.262 e. The number of carbonyl (C=O) groups excluding carboxylic acids is 2. The minimum absolute atomic E-state index is 0.208. The molecule has 3 aromatic rings. The number of nitrogens with zero attached hydrogens (tertiary/aromatic N) is 1. The molecule has 0 radical (unpaired) electrons. The van der Waals surface area contributed by atoms with Crippen molar-refractivity contribution in [1.29, 1.82) is 0 Å². The lowest BCUT2D eigenvalue weighted by molar-refractivity contribution is -0.118. The molecular weight excluding hydrogens is 332 g/mol. The molecule has 6 heteroatoms. The molecule has 0 aliphatic rings. The van der Waals surface area contributed by atoms with Crippen molar-refractivity contribution in [1.82, 2.24) is 4.98 Å². The predicted molar refractivity (Wildman–Crippen MR) is 96.7 cm³/mol. The highest BCUT2D eigenvalue weighted by Crippen LogP contribution is 2.23. The topological polar surface area (TPSA) is 77.5 Å². The molecule has 0 atom stereocenters. The van der Waals surface area contributed by atoms with Crippen molar-refractivity contribution in [3.8, 4) is 17.2 Å². The van der Waals surface area contributed by atoms with Crippen molar-refractivity contribution >= 4 is 17.9 Å². The van der Waals surface area contributed by atoms with Crippen LogP contribution in [0.5, 0.6) is 17.2 Å². The fourth-order valence-corrected chi connectivity index (χ4v) is 2.23. The Bertz CT molecular complexity index is 897. The number of nitrogens with one attached hydrogen (secondary N) is 1. The van der Waals surface area contributed by atoms with E-state index >= 15 is 0 Å². The van der Waals surface area contributed by atoms with Gasteiger partial charge in [-0.25, -0.2) is 0 Å². The first-order valence-electron chi connectivity index (χ1n) is 7.89. The molecule has 0 saturated carbocycles. The Morgan fingerprint density at radius 2 is 1.81 bits per heavy atom. The van der Waals surface area contributed by atoms with Crippen LogP contribution < -0.4 is 14.8 Å². The average molecular weight is 348 g/mol. The van der Waals surface area contributed by atoms with Crippen LogP contribution in [0.15, 0.2) is 73.1 Å². The summed E-state index contributed by atoms with van der Waals surface area (Å²) in [7, 11) is 0. The Kier molecular flexibility index (Phi) is 5.57. The molecule has 2 aromatic carbocycles. The van der Waals surface area contributed by atoms with E-state index in [1.54, 1.807) is 73.1 Å². The molecule has 0 unspecified atom stereocenters. The van der Waals surface area contributed by atoms with Gasteiger partial charge in [-0.05, 0) is 36.4 Å². The number of carbonyl (C=O) groups is 2. The summed E-state index contributed by atoms with van der Waals surface area (Å²) in [5.41, 5.74) is 0.974. The van der Waals surface area contributed by atoms with Crippen molar-refractivity contribution in [2.24, 2.45) is 0 Å². The normalized spacial score (nSPS) is 10.0. The number of para-hydroxylation sites is 1. The molecule has 0 spiro atoms. The summed E-state index contributed by atoms with van der Waals surface area (Å²) in [4.78, 5) is 27.0. The van der Waals surface area contributed by atoms with E-state index in [2.05, 4.69) is 10.3 Å². The van der Waals surface area contributed by atoms with Gasteiger partial charge in [-0.3, -0.25) is 14.6 Å². The first-order valence-corrected chi connectivity index (χ1v) is 7.89. The van der Waals surface area contributed by atoms with Gasteiger partial charge in [-0.15, -0.1) is 0 Å². The van der Waals surface area contributed by atoms with Gasteiger partial charge in [0.2, 0.25) is 0 Å². The molecule has 1 amide bonds. The van der Waals surface area contributed by atoms with E-state index in [9.17, 15) is 9.59 Å². The lowest BCUT2D eigenvalue weighted by Crippen LogP contribution is -2.20. The molecule has 3 rings (SSSR count). The molecule has 26 heavy (non-hydrogen) atoms. The Labute approximate surface area is 150 Å². The zero-order valence-corrected chi connectivity index (χ0v) is 13.8. The van der Waals surface area contributed by atoms with Crippen LogP contribution in [-0.4, -0.2) is 23.8 Å². The van der Waals surface area contributed by atoms with Crippen molar-refractivity contribution in [2.45, 2.75) is 0 Å². The Balaban J connectivity index is 1.59. The van der Waals surface area contributed by atoms with Gasteiger partial charge in [0.1, 0.15) is 17.2 Å². The molecule has 0 saturated heterocycles.